The maximum atomic E-state index is 11.4. The molecule has 76 valence electrons. The normalized spacial score (nSPS) is 10.2. The molecule has 0 amide bonds. The van der Waals surface area contributed by atoms with Gasteiger partial charge in [0.05, 0.1) is 6.54 Å². The second-order valence-electron chi connectivity index (χ2n) is 3.28. The molecule has 0 unspecified atom stereocenters. The number of aromatic hydroxyl groups is 1. The summed E-state index contributed by atoms with van der Waals surface area (Å²) >= 11 is 0. The van der Waals surface area contributed by atoms with Crippen LogP contribution >= 0.6 is 0 Å². The van der Waals surface area contributed by atoms with E-state index < -0.39 is 0 Å². The van der Waals surface area contributed by atoms with Crippen LogP contribution in [0, 0.1) is 6.92 Å². The Bertz CT molecular complexity index is 359. The fourth-order valence-corrected chi connectivity index (χ4v) is 1.43. The highest BCUT2D eigenvalue weighted by atomic mass is 16.3. The summed E-state index contributed by atoms with van der Waals surface area (Å²) < 4.78 is 0. The summed E-state index contributed by atoms with van der Waals surface area (Å²) in [5, 5.41) is 9.53. The highest BCUT2D eigenvalue weighted by molar-refractivity contribution is 5.99. The van der Waals surface area contributed by atoms with Gasteiger partial charge in [0, 0.05) is 5.56 Å². The van der Waals surface area contributed by atoms with Gasteiger partial charge in [-0.2, -0.15) is 0 Å². The van der Waals surface area contributed by atoms with E-state index in [1.54, 1.807) is 19.1 Å². The van der Waals surface area contributed by atoms with Crippen LogP contribution in [-0.2, 0) is 6.42 Å². The molecule has 3 N–H and O–H groups in total. The first-order valence-electron chi connectivity index (χ1n) is 4.65. The molecule has 0 fully saturated rings. The third kappa shape index (κ3) is 1.93. The van der Waals surface area contributed by atoms with Gasteiger partial charge in [0.1, 0.15) is 5.75 Å². The van der Waals surface area contributed by atoms with Gasteiger partial charge in [-0.05, 0) is 36.6 Å². The number of benzene rings is 1. The first-order chi connectivity index (χ1) is 6.60. The molecule has 0 heterocycles. The Kier molecular flexibility index (Phi) is 3.25. The van der Waals surface area contributed by atoms with Crippen molar-refractivity contribution in [3.8, 4) is 5.75 Å². The quantitative estimate of drug-likeness (QED) is 0.713. The third-order valence-electron chi connectivity index (χ3n) is 2.29. The highest BCUT2D eigenvalue weighted by Crippen LogP contribution is 2.22. The monoisotopic (exact) mass is 193 g/mol. The number of rotatable bonds is 3. The van der Waals surface area contributed by atoms with Crippen molar-refractivity contribution in [3.63, 3.8) is 0 Å². The molecule has 0 aliphatic rings. The smallest absolute Gasteiger partial charge is 0.176 e. The lowest BCUT2D eigenvalue weighted by Gasteiger charge is -2.08. The number of hydrogen-bond acceptors (Lipinski definition) is 3. The van der Waals surface area contributed by atoms with Crippen molar-refractivity contribution in [1.29, 1.82) is 0 Å². The minimum Gasteiger partial charge on any atom is -0.508 e. The predicted octanol–water partition coefficient (Wildman–Crippen LogP) is 1.40. The SMILES string of the molecule is CCc1cc(C(=O)CN)c(C)cc1O. The van der Waals surface area contributed by atoms with Crippen molar-refractivity contribution in [2.75, 3.05) is 6.54 Å². The number of phenolic OH excluding ortho intramolecular Hbond substituents is 1. The Balaban J connectivity index is 3.24. The lowest BCUT2D eigenvalue weighted by Crippen LogP contribution is -2.15. The van der Waals surface area contributed by atoms with Gasteiger partial charge >= 0.3 is 0 Å². The molecule has 1 aromatic rings. The molecule has 0 bridgehead atoms. The topological polar surface area (TPSA) is 63.3 Å². The van der Waals surface area contributed by atoms with Crippen LogP contribution < -0.4 is 5.73 Å². The maximum Gasteiger partial charge on any atom is 0.176 e. The highest BCUT2D eigenvalue weighted by Gasteiger charge is 2.10. The summed E-state index contributed by atoms with van der Waals surface area (Å²) in [6.45, 7) is 3.73. The molecule has 14 heavy (non-hydrogen) atoms. The molecule has 0 aliphatic carbocycles. The van der Waals surface area contributed by atoms with E-state index in [2.05, 4.69) is 0 Å². The van der Waals surface area contributed by atoms with Crippen LogP contribution in [0.1, 0.15) is 28.4 Å². The average molecular weight is 193 g/mol. The second-order valence-corrected chi connectivity index (χ2v) is 3.28. The molecule has 1 rings (SSSR count). The number of ketones is 1. The van der Waals surface area contributed by atoms with E-state index in [9.17, 15) is 9.90 Å². The predicted molar refractivity (Wildman–Crippen MR) is 55.6 cm³/mol. The molecule has 3 nitrogen and oxygen atoms in total. The first-order valence-corrected chi connectivity index (χ1v) is 4.65. The lowest BCUT2D eigenvalue weighted by molar-refractivity contribution is 0.100. The van der Waals surface area contributed by atoms with E-state index in [1.807, 2.05) is 6.92 Å². The Morgan fingerprint density at radius 1 is 1.50 bits per heavy atom. The number of phenols is 1. The van der Waals surface area contributed by atoms with Gasteiger partial charge in [-0.15, -0.1) is 0 Å². The van der Waals surface area contributed by atoms with E-state index >= 15 is 0 Å². The van der Waals surface area contributed by atoms with E-state index in [-0.39, 0.29) is 18.1 Å². The van der Waals surface area contributed by atoms with Gasteiger partial charge < -0.3 is 10.8 Å². The van der Waals surface area contributed by atoms with Gasteiger partial charge in [0.2, 0.25) is 0 Å². The Hall–Kier alpha value is -1.35. The number of aryl methyl sites for hydroxylation is 2. The van der Waals surface area contributed by atoms with Crippen LogP contribution in [0.5, 0.6) is 5.75 Å². The summed E-state index contributed by atoms with van der Waals surface area (Å²) in [6.07, 6.45) is 0.705. The number of Topliss-reactive ketones (excluding diaryl/α,β-unsaturated/α-hetero) is 1. The largest absolute Gasteiger partial charge is 0.508 e. The molecule has 0 aromatic heterocycles. The van der Waals surface area contributed by atoms with Gasteiger partial charge in [-0.3, -0.25) is 4.79 Å². The summed E-state index contributed by atoms with van der Waals surface area (Å²) in [6, 6.07) is 3.33. The van der Waals surface area contributed by atoms with E-state index in [0.29, 0.717) is 12.0 Å². The summed E-state index contributed by atoms with van der Waals surface area (Å²) in [4.78, 5) is 11.4. The molecule has 0 aliphatic heterocycles. The molecular formula is C11H15NO2. The number of hydrogen-bond donors (Lipinski definition) is 2. The molecule has 1 aromatic carbocycles. The van der Waals surface area contributed by atoms with E-state index in [0.717, 1.165) is 11.1 Å². The number of carbonyl (C=O) groups is 1. The van der Waals surface area contributed by atoms with Crippen molar-refractivity contribution in [1.82, 2.24) is 0 Å². The van der Waals surface area contributed by atoms with Gasteiger partial charge in [0.15, 0.2) is 5.78 Å². The minimum atomic E-state index is -0.0859. The average Bonchev–Trinajstić information content (AvgIpc) is 2.17. The Morgan fingerprint density at radius 3 is 2.64 bits per heavy atom. The fraction of sp³-hybridized carbons (Fsp3) is 0.364. The molecule has 0 radical (unpaired) electrons. The van der Waals surface area contributed by atoms with E-state index in [1.165, 1.54) is 0 Å². The van der Waals surface area contributed by atoms with Crippen molar-refractivity contribution in [2.45, 2.75) is 20.3 Å². The third-order valence-corrected chi connectivity index (χ3v) is 2.29. The van der Waals surface area contributed by atoms with Crippen molar-refractivity contribution >= 4 is 5.78 Å². The summed E-state index contributed by atoms with van der Waals surface area (Å²) in [5.41, 5.74) is 7.46. The zero-order valence-corrected chi connectivity index (χ0v) is 8.50. The summed E-state index contributed by atoms with van der Waals surface area (Å²) in [7, 11) is 0. The van der Waals surface area contributed by atoms with Crippen LogP contribution in [0.4, 0.5) is 0 Å². The zero-order valence-electron chi connectivity index (χ0n) is 8.50. The Labute approximate surface area is 83.6 Å². The van der Waals surface area contributed by atoms with Crippen molar-refractivity contribution in [3.05, 3.63) is 28.8 Å². The molecule has 0 saturated heterocycles. The molecular weight excluding hydrogens is 178 g/mol. The fourth-order valence-electron chi connectivity index (χ4n) is 1.43. The van der Waals surface area contributed by atoms with Gasteiger partial charge in [-0.1, -0.05) is 6.92 Å². The van der Waals surface area contributed by atoms with Crippen LogP contribution in [0.3, 0.4) is 0 Å². The van der Waals surface area contributed by atoms with Gasteiger partial charge in [-0.25, -0.2) is 0 Å². The standard InChI is InChI=1S/C11H15NO2/c1-3-8-5-9(11(14)6-12)7(2)4-10(8)13/h4-5,13H,3,6,12H2,1-2H3. The molecule has 0 atom stereocenters. The molecule has 3 heteroatoms. The van der Waals surface area contributed by atoms with Crippen LogP contribution in [0.25, 0.3) is 0 Å². The molecule has 0 saturated carbocycles. The number of carbonyl (C=O) groups excluding carboxylic acids is 1. The number of nitrogens with two attached hydrogens (primary N) is 1. The minimum absolute atomic E-state index is 0.00870. The Morgan fingerprint density at radius 2 is 2.14 bits per heavy atom. The first kappa shape index (κ1) is 10.7. The van der Waals surface area contributed by atoms with Crippen LogP contribution in [0.15, 0.2) is 12.1 Å². The van der Waals surface area contributed by atoms with Crippen LogP contribution in [-0.4, -0.2) is 17.4 Å². The van der Waals surface area contributed by atoms with Crippen molar-refractivity contribution in [2.24, 2.45) is 5.73 Å². The van der Waals surface area contributed by atoms with Crippen molar-refractivity contribution < 1.29 is 9.90 Å². The van der Waals surface area contributed by atoms with Crippen LogP contribution in [0.2, 0.25) is 0 Å². The van der Waals surface area contributed by atoms with Gasteiger partial charge in [0.25, 0.3) is 0 Å². The maximum absolute atomic E-state index is 11.4. The molecule has 0 spiro atoms. The lowest BCUT2D eigenvalue weighted by atomic mass is 9.99. The summed E-state index contributed by atoms with van der Waals surface area (Å²) in [5.74, 6) is 0.163. The second kappa shape index (κ2) is 4.24. The zero-order chi connectivity index (χ0) is 10.7. The van der Waals surface area contributed by atoms with E-state index in [4.69, 9.17) is 5.73 Å².